The molecule has 0 unspecified atom stereocenters. The first-order valence-corrected chi connectivity index (χ1v) is 6.64. The summed E-state index contributed by atoms with van der Waals surface area (Å²) in [6.07, 6.45) is 1.64. The third-order valence-electron chi connectivity index (χ3n) is 2.95. The molecule has 0 saturated carbocycles. The van der Waals surface area contributed by atoms with Gasteiger partial charge in [0.15, 0.2) is 5.82 Å². The maximum absolute atomic E-state index is 12.2. The van der Waals surface area contributed by atoms with Gasteiger partial charge in [0.25, 0.3) is 0 Å². The Morgan fingerprint density at radius 2 is 1.90 bits per heavy atom. The van der Waals surface area contributed by atoms with Crippen LogP contribution in [-0.2, 0) is 9.59 Å². The van der Waals surface area contributed by atoms with E-state index in [4.69, 9.17) is 0 Å². The second-order valence-corrected chi connectivity index (χ2v) is 5.69. The molecule has 0 saturated heterocycles. The van der Waals surface area contributed by atoms with E-state index >= 15 is 0 Å². The Balaban J connectivity index is 2.80. The fourth-order valence-corrected chi connectivity index (χ4v) is 1.90. The van der Waals surface area contributed by atoms with Gasteiger partial charge in [-0.15, -0.1) is 10.2 Å². The summed E-state index contributed by atoms with van der Waals surface area (Å²) in [5.41, 5.74) is -0.969. The lowest BCUT2D eigenvalue weighted by Gasteiger charge is -2.26. The summed E-state index contributed by atoms with van der Waals surface area (Å²) in [6.45, 7) is 10.6. The Bertz CT molecular complexity index is 493. The standard InChI is InChI=1S/C13H23N5O2/c1-8(2)18-7-14-17-11(18)9(3)15-12(20)13(5,6)16-10(4)19/h7-9H,1-6H3,(H,15,20)(H,16,19)/t9-/m1/s1. The van der Waals surface area contributed by atoms with Crippen LogP contribution in [0.25, 0.3) is 0 Å². The molecule has 0 aliphatic heterocycles. The summed E-state index contributed by atoms with van der Waals surface area (Å²) in [5, 5.41) is 13.4. The first kappa shape index (κ1) is 16.1. The van der Waals surface area contributed by atoms with Gasteiger partial charge in [-0.2, -0.15) is 0 Å². The predicted octanol–water partition coefficient (Wildman–Crippen LogP) is 0.951. The van der Waals surface area contributed by atoms with E-state index in [1.807, 2.05) is 25.3 Å². The van der Waals surface area contributed by atoms with Gasteiger partial charge in [0.1, 0.15) is 11.9 Å². The van der Waals surface area contributed by atoms with E-state index in [2.05, 4.69) is 20.8 Å². The summed E-state index contributed by atoms with van der Waals surface area (Å²) in [5.74, 6) is 0.175. The van der Waals surface area contributed by atoms with Crippen LogP contribution < -0.4 is 10.6 Å². The van der Waals surface area contributed by atoms with Gasteiger partial charge < -0.3 is 15.2 Å². The maximum Gasteiger partial charge on any atom is 0.245 e. The molecule has 1 rings (SSSR count). The topological polar surface area (TPSA) is 88.9 Å². The molecule has 20 heavy (non-hydrogen) atoms. The Hall–Kier alpha value is -1.92. The molecular formula is C13H23N5O2. The second kappa shape index (κ2) is 6.02. The number of nitrogens with one attached hydrogen (secondary N) is 2. The summed E-state index contributed by atoms with van der Waals surface area (Å²) in [7, 11) is 0. The molecule has 7 nitrogen and oxygen atoms in total. The largest absolute Gasteiger partial charge is 0.344 e. The predicted molar refractivity (Wildman–Crippen MR) is 74.9 cm³/mol. The summed E-state index contributed by atoms with van der Waals surface area (Å²) >= 11 is 0. The van der Waals surface area contributed by atoms with E-state index in [1.54, 1.807) is 20.2 Å². The van der Waals surface area contributed by atoms with Crippen molar-refractivity contribution in [1.29, 1.82) is 0 Å². The van der Waals surface area contributed by atoms with E-state index < -0.39 is 5.54 Å². The third kappa shape index (κ3) is 3.79. The minimum Gasteiger partial charge on any atom is -0.344 e. The molecule has 0 radical (unpaired) electrons. The normalized spacial score (nSPS) is 13.2. The molecule has 0 spiro atoms. The fourth-order valence-electron chi connectivity index (χ4n) is 1.90. The van der Waals surface area contributed by atoms with Crippen LogP contribution in [0, 0.1) is 0 Å². The number of carbonyl (C=O) groups excluding carboxylic acids is 2. The molecule has 0 fully saturated rings. The molecule has 0 aliphatic rings. The van der Waals surface area contributed by atoms with Crippen molar-refractivity contribution >= 4 is 11.8 Å². The highest BCUT2D eigenvalue weighted by Gasteiger charge is 2.30. The van der Waals surface area contributed by atoms with Crippen LogP contribution in [0.3, 0.4) is 0 Å². The minimum absolute atomic E-state index is 0.211. The second-order valence-electron chi connectivity index (χ2n) is 5.69. The number of hydrogen-bond acceptors (Lipinski definition) is 4. The number of rotatable bonds is 5. The molecule has 0 aromatic carbocycles. The summed E-state index contributed by atoms with van der Waals surface area (Å²) in [6, 6.07) is -0.0804. The minimum atomic E-state index is -0.969. The zero-order valence-electron chi connectivity index (χ0n) is 12.9. The molecule has 7 heteroatoms. The fraction of sp³-hybridized carbons (Fsp3) is 0.692. The first-order valence-electron chi connectivity index (χ1n) is 6.64. The molecule has 112 valence electrons. The van der Waals surface area contributed by atoms with Gasteiger partial charge in [0, 0.05) is 13.0 Å². The highest BCUT2D eigenvalue weighted by molar-refractivity contribution is 5.90. The summed E-state index contributed by atoms with van der Waals surface area (Å²) < 4.78 is 1.90. The van der Waals surface area contributed by atoms with Crippen molar-refractivity contribution in [2.45, 2.75) is 59.2 Å². The van der Waals surface area contributed by atoms with Crippen LogP contribution in [0.1, 0.15) is 59.5 Å². The highest BCUT2D eigenvalue weighted by Crippen LogP contribution is 2.15. The molecule has 1 heterocycles. The highest BCUT2D eigenvalue weighted by atomic mass is 16.2. The Morgan fingerprint density at radius 1 is 1.30 bits per heavy atom. The Kier molecular flexibility index (Phi) is 4.86. The van der Waals surface area contributed by atoms with E-state index in [-0.39, 0.29) is 23.9 Å². The van der Waals surface area contributed by atoms with E-state index in [9.17, 15) is 9.59 Å². The number of hydrogen-bond donors (Lipinski definition) is 2. The zero-order chi connectivity index (χ0) is 15.5. The van der Waals surface area contributed by atoms with Crippen molar-refractivity contribution in [3.63, 3.8) is 0 Å². The van der Waals surface area contributed by atoms with Crippen molar-refractivity contribution in [3.05, 3.63) is 12.2 Å². The number of carbonyl (C=O) groups is 2. The van der Waals surface area contributed by atoms with Crippen molar-refractivity contribution < 1.29 is 9.59 Å². The molecule has 2 amide bonds. The van der Waals surface area contributed by atoms with Crippen LogP contribution in [0.15, 0.2) is 6.33 Å². The van der Waals surface area contributed by atoms with Crippen LogP contribution in [0.4, 0.5) is 0 Å². The molecule has 1 atom stereocenters. The van der Waals surface area contributed by atoms with Crippen LogP contribution >= 0.6 is 0 Å². The van der Waals surface area contributed by atoms with Gasteiger partial charge in [-0.05, 0) is 34.6 Å². The lowest BCUT2D eigenvalue weighted by Crippen LogP contribution is -2.54. The summed E-state index contributed by atoms with van der Waals surface area (Å²) in [4.78, 5) is 23.3. The van der Waals surface area contributed by atoms with E-state index in [0.29, 0.717) is 5.82 Å². The molecule has 0 aliphatic carbocycles. The van der Waals surface area contributed by atoms with Gasteiger partial charge in [0.2, 0.25) is 11.8 Å². The Morgan fingerprint density at radius 3 is 2.40 bits per heavy atom. The molecular weight excluding hydrogens is 258 g/mol. The van der Waals surface area contributed by atoms with Crippen molar-refractivity contribution in [3.8, 4) is 0 Å². The Labute approximate surface area is 119 Å². The number of aromatic nitrogens is 3. The smallest absolute Gasteiger partial charge is 0.245 e. The SMILES string of the molecule is CC(=O)NC(C)(C)C(=O)N[C@H](C)c1nncn1C(C)C. The lowest BCUT2D eigenvalue weighted by atomic mass is 10.0. The van der Waals surface area contributed by atoms with Gasteiger partial charge in [0.05, 0.1) is 6.04 Å². The third-order valence-corrected chi connectivity index (χ3v) is 2.95. The number of nitrogens with zero attached hydrogens (tertiary/aromatic N) is 3. The van der Waals surface area contributed by atoms with Crippen molar-refractivity contribution in [1.82, 2.24) is 25.4 Å². The van der Waals surface area contributed by atoms with Crippen molar-refractivity contribution in [2.75, 3.05) is 0 Å². The van der Waals surface area contributed by atoms with Crippen LogP contribution in [0.5, 0.6) is 0 Å². The number of amides is 2. The van der Waals surface area contributed by atoms with Gasteiger partial charge in [-0.25, -0.2) is 0 Å². The average molecular weight is 281 g/mol. The van der Waals surface area contributed by atoms with Crippen LogP contribution in [-0.4, -0.2) is 32.1 Å². The van der Waals surface area contributed by atoms with Gasteiger partial charge in [-0.1, -0.05) is 0 Å². The maximum atomic E-state index is 12.2. The average Bonchev–Trinajstić information content (AvgIpc) is 2.75. The molecule has 1 aromatic heterocycles. The van der Waals surface area contributed by atoms with Gasteiger partial charge in [-0.3, -0.25) is 9.59 Å². The molecule has 0 bridgehead atoms. The monoisotopic (exact) mass is 281 g/mol. The first-order chi connectivity index (χ1) is 9.15. The lowest BCUT2D eigenvalue weighted by molar-refractivity contribution is -0.132. The zero-order valence-corrected chi connectivity index (χ0v) is 12.9. The van der Waals surface area contributed by atoms with E-state index in [0.717, 1.165) is 0 Å². The molecule has 2 N–H and O–H groups in total. The van der Waals surface area contributed by atoms with Crippen molar-refractivity contribution in [2.24, 2.45) is 0 Å². The van der Waals surface area contributed by atoms with Gasteiger partial charge >= 0.3 is 0 Å². The van der Waals surface area contributed by atoms with Crippen LogP contribution in [0.2, 0.25) is 0 Å². The molecule has 1 aromatic rings. The van der Waals surface area contributed by atoms with E-state index in [1.165, 1.54) is 6.92 Å². The quantitative estimate of drug-likeness (QED) is 0.841.